The van der Waals surface area contributed by atoms with E-state index in [1.54, 1.807) is 12.1 Å². The van der Waals surface area contributed by atoms with Gasteiger partial charge < -0.3 is 10.1 Å². The highest BCUT2D eigenvalue weighted by atomic mass is 19.1. The summed E-state index contributed by atoms with van der Waals surface area (Å²) in [6.07, 6.45) is 1.79. The molecule has 0 unspecified atom stereocenters. The highest BCUT2D eigenvalue weighted by molar-refractivity contribution is 5.77. The lowest BCUT2D eigenvalue weighted by molar-refractivity contribution is -0.123. The Morgan fingerprint density at radius 3 is 2.67 bits per heavy atom. The molecule has 0 saturated carbocycles. The van der Waals surface area contributed by atoms with Gasteiger partial charge in [0.05, 0.1) is 0 Å². The summed E-state index contributed by atoms with van der Waals surface area (Å²) in [5.41, 5.74) is 1.25. The molecule has 0 aliphatic carbocycles. The van der Waals surface area contributed by atoms with Gasteiger partial charge in [-0.05, 0) is 30.5 Å². The van der Waals surface area contributed by atoms with E-state index in [1.807, 2.05) is 18.2 Å². The molecule has 1 amide bonds. The number of nitrogens with one attached hydrogen (secondary N) is 1. The van der Waals surface area contributed by atoms with Gasteiger partial charge >= 0.3 is 0 Å². The van der Waals surface area contributed by atoms with Crippen molar-refractivity contribution in [3.05, 3.63) is 66.0 Å². The fourth-order valence-corrected chi connectivity index (χ4v) is 1.92. The van der Waals surface area contributed by atoms with Crippen molar-refractivity contribution in [2.45, 2.75) is 12.8 Å². The second-order valence-electron chi connectivity index (χ2n) is 4.69. The predicted octanol–water partition coefficient (Wildman–Crippen LogP) is 2.95. The quantitative estimate of drug-likeness (QED) is 0.795. The number of carbonyl (C=O) groups excluding carboxylic acids is 1. The number of halogens is 1. The van der Waals surface area contributed by atoms with Crippen molar-refractivity contribution < 1.29 is 13.9 Å². The molecule has 0 bridgehead atoms. The molecule has 1 N–H and O–H groups in total. The molecule has 0 heterocycles. The first-order valence-corrected chi connectivity index (χ1v) is 6.93. The predicted molar refractivity (Wildman–Crippen MR) is 79.7 cm³/mol. The van der Waals surface area contributed by atoms with Gasteiger partial charge in [-0.3, -0.25) is 4.79 Å². The Morgan fingerprint density at radius 2 is 1.90 bits per heavy atom. The van der Waals surface area contributed by atoms with Crippen LogP contribution in [0.15, 0.2) is 54.6 Å². The molecule has 0 radical (unpaired) electrons. The molecular formula is C17H18FNO2. The highest BCUT2D eigenvalue weighted by Gasteiger charge is 2.03. The first-order chi connectivity index (χ1) is 10.2. The van der Waals surface area contributed by atoms with Gasteiger partial charge in [0.15, 0.2) is 6.61 Å². The second-order valence-corrected chi connectivity index (χ2v) is 4.69. The molecule has 21 heavy (non-hydrogen) atoms. The molecule has 0 saturated heterocycles. The van der Waals surface area contributed by atoms with Gasteiger partial charge in [0.1, 0.15) is 11.6 Å². The van der Waals surface area contributed by atoms with Crippen molar-refractivity contribution in [1.82, 2.24) is 5.32 Å². The monoisotopic (exact) mass is 287 g/mol. The lowest BCUT2D eigenvalue weighted by Gasteiger charge is -2.07. The molecule has 3 nitrogen and oxygen atoms in total. The molecule has 0 aromatic heterocycles. The molecule has 0 fully saturated rings. The van der Waals surface area contributed by atoms with Crippen molar-refractivity contribution in [3.63, 3.8) is 0 Å². The number of ether oxygens (including phenoxy) is 1. The standard InChI is InChI=1S/C17H18FNO2/c18-15-9-4-10-16(12-15)21-13-17(20)19-11-5-8-14-6-2-1-3-7-14/h1-4,6-7,9-10,12H,5,8,11,13H2,(H,19,20). The van der Waals surface area contributed by atoms with E-state index in [0.717, 1.165) is 12.8 Å². The summed E-state index contributed by atoms with van der Waals surface area (Å²) in [6.45, 7) is 0.495. The molecule has 0 aliphatic heterocycles. The number of amides is 1. The number of rotatable bonds is 7. The summed E-state index contributed by atoms with van der Waals surface area (Å²) < 4.78 is 18.1. The third kappa shape index (κ3) is 5.65. The van der Waals surface area contributed by atoms with E-state index >= 15 is 0 Å². The normalized spacial score (nSPS) is 10.1. The lowest BCUT2D eigenvalue weighted by Crippen LogP contribution is -2.29. The van der Waals surface area contributed by atoms with Crippen LogP contribution in [-0.2, 0) is 11.2 Å². The first kappa shape index (κ1) is 15.0. The van der Waals surface area contributed by atoms with Crippen LogP contribution in [0.3, 0.4) is 0 Å². The van der Waals surface area contributed by atoms with Crippen LogP contribution in [0.25, 0.3) is 0 Å². The number of hydrogen-bond acceptors (Lipinski definition) is 2. The zero-order valence-electron chi connectivity index (χ0n) is 11.7. The molecule has 2 rings (SSSR count). The Labute approximate surface area is 123 Å². The van der Waals surface area contributed by atoms with E-state index in [4.69, 9.17) is 4.74 Å². The summed E-state index contributed by atoms with van der Waals surface area (Å²) >= 11 is 0. The van der Waals surface area contributed by atoms with E-state index in [0.29, 0.717) is 12.3 Å². The van der Waals surface area contributed by atoms with Crippen molar-refractivity contribution in [2.75, 3.05) is 13.2 Å². The molecular weight excluding hydrogens is 269 g/mol. The molecule has 0 atom stereocenters. The Hall–Kier alpha value is -2.36. The fraction of sp³-hybridized carbons (Fsp3) is 0.235. The largest absolute Gasteiger partial charge is 0.484 e. The van der Waals surface area contributed by atoms with E-state index in [-0.39, 0.29) is 18.3 Å². The maximum atomic E-state index is 12.9. The van der Waals surface area contributed by atoms with Gasteiger partial charge in [-0.25, -0.2) is 4.39 Å². The van der Waals surface area contributed by atoms with E-state index < -0.39 is 0 Å². The zero-order chi connectivity index (χ0) is 14.9. The van der Waals surface area contributed by atoms with Crippen molar-refractivity contribution in [3.8, 4) is 5.75 Å². The van der Waals surface area contributed by atoms with Crippen LogP contribution in [0.2, 0.25) is 0 Å². The minimum Gasteiger partial charge on any atom is -0.484 e. The van der Waals surface area contributed by atoms with Crippen molar-refractivity contribution >= 4 is 5.91 Å². The third-order valence-corrected chi connectivity index (χ3v) is 2.97. The maximum Gasteiger partial charge on any atom is 0.257 e. The van der Waals surface area contributed by atoms with Crippen molar-refractivity contribution in [2.24, 2.45) is 0 Å². The average molecular weight is 287 g/mol. The summed E-state index contributed by atoms with van der Waals surface area (Å²) in [7, 11) is 0. The average Bonchev–Trinajstić information content (AvgIpc) is 2.51. The van der Waals surface area contributed by atoms with Crippen LogP contribution in [-0.4, -0.2) is 19.1 Å². The van der Waals surface area contributed by atoms with Crippen LogP contribution in [0.1, 0.15) is 12.0 Å². The zero-order valence-corrected chi connectivity index (χ0v) is 11.7. The third-order valence-electron chi connectivity index (χ3n) is 2.97. The van der Waals surface area contributed by atoms with Crippen LogP contribution in [0.5, 0.6) is 5.75 Å². The number of aryl methyl sites for hydroxylation is 1. The SMILES string of the molecule is O=C(COc1cccc(F)c1)NCCCc1ccccc1. The van der Waals surface area contributed by atoms with Gasteiger partial charge in [0.25, 0.3) is 5.91 Å². The van der Waals surface area contributed by atoms with Gasteiger partial charge in [-0.2, -0.15) is 0 Å². The van der Waals surface area contributed by atoms with Gasteiger partial charge in [0, 0.05) is 12.6 Å². The van der Waals surface area contributed by atoms with Crippen molar-refractivity contribution in [1.29, 1.82) is 0 Å². The Bertz CT molecular complexity index is 572. The lowest BCUT2D eigenvalue weighted by atomic mass is 10.1. The Balaban J connectivity index is 1.62. The topological polar surface area (TPSA) is 38.3 Å². The minimum atomic E-state index is -0.379. The van der Waals surface area contributed by atoms with E-state index in [2.05, 4.69) is 17.4 Å². The van der Waals surface area contributed by atoms with Gasteiger partial charge in [-0.15, -0.1) is 0 Å². The van der Waals surface area contributed by atoms with Crippen LogP contribution in [0, 0.1) is 5.82 Å². The summed E-state index contributed by atoms with van der Waals surface area (Å²) in [5, 5.41) is 2.78. The molecule has 4 heteroatoms. The molecule has 0 spiro atoms. The smallest absolute Gasteiger partial charge is 0.257 e. The Kier molecular flexibility index (Phi) is 5.76. The van der Waals surface area contributed by atoms with E-state index in [9.17, 15) is 9.18 Å². The van der Waals surface area contributed by atoms with Crippen LogP contribution < -0.4 is 10.1 Å². The Morgan fingerprint density at radius 1 is 1.10 bits per heavy atom. The maximum absolute atomic E-state index is 12.9. The second kappa shape index (κ2) is 8.04. The minimum absolute atomic E-state index is 0.102. The molecule has 2 aromatic rings. The summed E-state index contributed by atoms with van der Waals surface area (Å²) in [5.74, 6) is -0.225. The number of carbonyl (C=O) groups is 1. The summed E-state index contributed by atoms with van der Waals surface area (Å²) in [6, 6.07) is 15.9. The number of hydrogen-bond donors (Lipinski definition) is 1. The number of benzene rings is 2. The van der Waals surface area contributed by atoms with E-state index in [1.165, 1.54) is 17.7 Å². The summed E-state index contributed by atoms with van der Waals surface area (Å²) in [4.78, 5) is 11.6. The highest BCUT2D eigenvalue weighted by Crippen LogP contribution is 2.11. The molecule has 110 valence electrons. The van der Waals surface area contributed by atoms with Crippen LogP contribution in [0.4, 0.5) is 4.39 Å². The first-order valence-electron chi connectivity index (χ1n) is 6.93. The molecule has 0 aliphatic rings. The van der Waals surface area contributed by atoms with Gasteiger partial charge in [0.2, 0.25) is 0 Å². The van der Waals surface area contributed by atoms with Gasteiger partial charge in [-0.1, -0.05) is 36.4 Å². The van der Waals surface area contributed by atoms with Crippen LogP contribution >= 0.6 is 0 Å². The molecule has 2 aromatic carbocycles. The fourth-order valence-electron chi connectivity index (χ4n) is 1.92.